The molecule has 1 N–H and O–H groups in total. The quantitative estimate of drug-likeness (QED) is 0.579. The van der Waals surface area contributed by atoms with Gasteiger partial charge in [0.25, 0.3) is 0 Å². The Kier molecular flexibility index (Phi) is 6.65. The summed E-state index contributed by atoms with van der Waals surface area (Å²) in [5.74, 6) is 0. The van der Waals surface area contributed by atoms with Crippen LogP contribution in [0.2, 0.25) is 0 Å². The van der Waals surface area contributed by atoms with Gasteiger partial charge in [0.2, 0.25) is 6.41 Å². The van der Waals surface area contributed by atoms with Crippen LogP contribution in [0.1, 0.15) is 59.3 Å². The molecule has 0 rings (SSSR count). The first-order valence-corrected chi connectivity index (χ1v) is 5.46. The number of carbonyl (C=O) groups is 1. The molecule has 0 aliphatic heterocycles. The van der Waals surface area contributed by atoms with Gasteiger partial charge in [-0.1, -0.05) is 40.0 Å². The molecule has 0 aliphatic rings. The summed E-state index contributed by atoms with van der Waals surface area (Å²) in [6.07, 6.45) is 7.60. The van der Waals surface area contributed by atoms with Crippen molar-refractivity contribution in [2.45, 2.75) is 64.8 Å². The maximum atomic E-state index is 10.5. The summed E-state index contributed by atoms with van der Waals surface area (Å²) in [6.45, 7) is 6.52. The van der Waals surface area contributed by atoms with Gasteiger partial charge in [-0.3, -0.25) is 4.79 Å². The van der Waals surface area contributed by atoms with Crippen LogP contribution in [0.25, 0.3) is 0 Å². The van der Waals surface area contributed by atoms with Crippen molar-refractivity contribution in [3.8, 4) is 0 Å². The van der Waals surface area contributed by atoms with Crippen molar-refractivity contribution in [2.24, 2.45) is 0 Å². The van der Waals surface area contributed by atoms with E-state index in [0.29, 0.717) is 0 Å². The molecule has 0 fully saturated rings. The molecule has 0 bridgehead atoms. The molecule has 0 radical (unpaired) electrons. The van der Waals surface area contributed by atoms with Gasteiger partial charge in [0, 0.05) is 5.54 Å². The molecule has 0 saturated heterocycles. The van der Waals surface area contributed by atoms with Crippen molar-refractivity contribution in [3.63, 3.8) is 0 Å². The van der Waals surface area contributed by atoms with E-state index in [2.05, 4.69) is 26.1 Å². The molecule has 13 heavy (non-hydrogen) atoms. The van der Waals surface area contributed by atoms with Crippen molar-refractivity contribution >= 4 is 6.41 Å². The average Bonchev–Trinajstić information content (AvgIpc) is 2.06. The topological polar surface area (TPSA) is 29.1 Å². The number of nitrogens with one attached hydrogen (secondary N) is 1. The highest BCUT2D eigenvalue weighted by Gasteiger charge is 2.25. The molecule has 0 aromatic rings. The molecule has 0 aromatic heterocycles. The predicted octanol–water partition coefficient (Wildman–Crippen LogP) is 2.87. The van der Waals surface area contributed by atoms with Crippen LogP contribution in [0.15, 0.2) is 0 Å². The molecule has 0 aliphatic carbocycles. The molecule has 2 nitrogen and oxygen atoms in total. The molecular weight excluding hydrogens is 162 g/mol. The lowest BCUT2D eigenvalue weighted by molar-refractivity contribution is -0.111. The standard InChI is InChI=1S/C11H23NO/c1-4-7-11(8-5-2,9-6-3)12-10-13/h10H,4-9H2,1-3H3,(H,12,13). The number of carbonyl (C=O) groups excluding carboxylic acids is 1. The van der Waals surface area contributed by atoms with Gasteiger partial charge in [0.15, 0.2) is 0 Å². The lowest BCUT2D eigenvalue weighted by atomic mass is 9.84. The SMILES string of the molecule is CCCC(CCC)(CCC)NC=O. The van der Waals surface area contributed by atoms with Crippen LogP contribution in [0.4, 0.5) is 0 Å². The van der Waals surface area contributed by atoms with E-state index in [9.17, 15) is 4.79 Å². The third-order valence-electron chi connectivity index (χ3n) is 2.55. The lowest BCUT2D eigenvalue weighted by Crippen LogP contribution is -2.44. The second kappa shape index (κ2) is 6.93. The van der Waals surface area contributed by atoms with Crippen LogP contribution in [0.3, 0.4) is 0 Å². The third kappa shape index (κ3) is 4.30. The average molecular weight is 185 g/mol. The van der Waals surface area contributed by atoms with E-state index < -0.39 is 0 Å². The van der Waals surface area contributed by atoms with Gasteiger partial charge in [0.1, 0.15) is 0 Å². The minimum Gasteiger partial charge on any atom is -0.353 e. The van der Waals surface area contributed by atoms with Crippen LogP contribution >= 0.6 is 0 Å². The zero-order chi connectivity index (χ0) is 10.2. The first-order valence-electron chi connectivity index (χ1n) is 5.46. The molecule has 2 heteroatoms. The number of hydrogen-bond acceptors (Lipinski definition) is 1. The summed E-state index contributed by atoms with van der Waals surface area (Å²) in [5, 5.41) is 3.02. The second-order valence-corrected chi connectivity index (χ2v) is 3.79. The summed E-state index contributed by atoms with van der Waals surface area (Å²) in [7, 11) is 0. The molecule has 0 spiro atoms. The summed E-state index contributed by atoms with van der Waals surface area (Å²) in [4.78, 5) is 10.5. The molecule has 0 unspecified atom stereocenters. The van der Waals surface area contributed by atoms with E-state index in [0.717, 1.165) is 44.9 Å². The van der Waals surface area contributed by atoms with Crippen LogP contribution in [0, 0.1) is 0 Å². The van der Waals surface area contributed by atoms with Crippen LogP contribution < -0.4 is 5.32 Å². The fourth-order valence-corrected chi connectivity index (χ4v) is 2.15. The van der Waals surface area contributed by atoms with Gasteiger partial charge < -0.3 is 5.32 Å². The molecular formula is C11H23NO. The monoisotopic (exact) mass is 185 g/mol. The normalized spacial score (nSPS) is 11.3. The number of amides is 1. The van der Waals surface area contributed by atoms with E-state index in [1.807, 2.05) is 0 Å². The Morgan fingerprint density at radius 3 is 1.62 bits per heavy atom. The second-order valence-electron chi connectivity index (χ2n) is 3.79. The van der Waals surface area contributed by atoms with Gasteiger partial charge in [0.05, 0.1) is 0 Å². The van der Waals surface area contributed by atoms with E-state index in [-0.39, 0.29) is 5.54 Å². The molecule has 0 atom stereocenters. The van der Waals surface area contributed by atoms with Crippen molar-refractivity contribution in [2.75, 3.05) is 0 Å². The van der Waals surface area contributed by atoms with Crippen molar-refractivity contribution in [1.29, 1.82) is 0 Å². The highest BCUT2D eigenvalue weighted by molar-refractivity contribution is 5.47. The molecule has 0 saturated carbocycles. The fourth-order valence-electron chi connectivity index (χ4n) is 2.15. The molecule has 0 heterocycles. The van der Waals surface area contributed by atoms with Crippen LogP contribution in [-0.2, 0) is 4.79 Å². The molecule has 1 amide bonds. The zero-order valence-electron chi connectivity index (χ0n) is 9.23. The Hall–Kier alpha value is -0.530. The number of rotatable bonds is 8. The van der Waals surface area contributed by atoms with Gasteiger partial charge in [-0.15, -0.1) is 0 Å². The minimum absolute atomic E-state index is 0.0833. The van der Waals surface area contributed by atoms with Gasteiger partial charge in [-0.05, 0) is 19.3 Å². The number of hydrogen-bond donors (Lipinski definition) is 1. The van der Waals surface area contributed by atoms with E-state index >= 15 is 0 Å². The highest BCUT2D eigenvalue weighted by atomic mass is 16.1. The Balaban J connectivity index is 4.27. The summed E-state index contributed by atoms with van der Waals surface area (Å²) >= 11 is 0. The first-order chi connectivity index (χ1) is 6.24. The summed E-state index contributed by atoms with van der Waals surface area (Å²) in [5.41, 5.74) is 0.0833. The van der Waals surface area contributed by atoms with Crippen molar-refractivity contribution in [1.82, 2.24) is 5.32 Å². The van der Waals surface area contributed by atoms with E-state index in [1.165, 1.54) is 0 Å². The minimum atomic E-state index is 0.0833. The van der Waals surface area contributed by atoms with E-state index in [4.69, 9.17) is 0 Å². The Bertz CT molecular complexity index is 117. The molecule has 78 valence electrons. The van der Waals surface area contributed by atoms with Crippen molar-refractivity contribution < 1.29 is 4.79 Å². The van der Waals surface area contributed by atoms with Gasteiger partial charge in [-0.2, -0.15) is 0 Å². The summed E-state index contributed by atoms with van der Waals surface area (Å²) in [6, 6.07) is 0. The predicted molar refractivity (Wildman–Crippen MR) is 56.7 cm³/mol. The Morgan fingerprint density at radius 2 is 1.38 bits per heavy atom. The van der Waals surface area contributed by atoms with Crippen LogP contribution in [0.5, 0.6) is 0 Å². The maximum absolute atomic E-state index is 10.5. The molecule has 0 aromatic carbocycles. The maximum Gasteiger partial charge on any atom is 0.207 e. The van der Waals surface area contributed by atoms with Crippen molar-refractivity contribution in [3.05, 3.63) is 0 Å². The van der Waals surface area contributed by atoms with Gasteiger partial charge in [-0.25, -0.2) is 0 Å². The first kappa shape index (κ1) is 12.5. The third-order valence-corrected chi connectivity index (χ3v) is 2.55. The van der Waals surface area contributed by atoms with E-state index in [1.54, 1.807) is 0 Å². The largest absolute Gasteiger partial charge is 0.353 e. The smallest absolute Gasteiger partial charge is 0.207 e. The van der Waals surface area contributed by atoms with Gasteiger partial charge >= 0.3 is 0 Å². The lowest BCUT2D eigenvalue weighted by Gasteiger charge is -2.32. The Labute approximate surface area is 82.1 Å². The summed E-state index contributed by atoms with van der Waals surface area (Å²) < 4.78 is 0. The highest BCUT2D eigenvalue weighted by Crippen LogP contribution is 2.24. The fraction of sp³-hybridized carbons (Fsp3) is 0.909. The van der Waals surface area contributed by atoms with Crippen LogP contribution in [-0.4, -0.2) is 11.9 Å². The zero-order valence-corrected chi connectivity index (χ0v) is 9.23. The Morgan fingerprint density at radius 1 is 1.00 bits per heavy atom.